The van der Waals surface area contributed by atoms with Crippen LogP contribution in [0, 0.1) is 0 Å². The fourth-order valence-corrected chi connectivity index (χ4v) is 6.37. The number of aliphatic carboxylic acids is 1. The van der Waals surface area contributed by atoms with Gasteiger partial charge in [-0.2, -0.15) is 0 Å². The summed E-state index contributed by atoms with van der Waals surface area (Å²) >= 11 is 0. The fourth-order valence-electron chi connectivity index (χ4n) is 4.58. The van der Waals surface area contributed by atoms with E-state index in [1.54, 1.807) is 16.7 Å². The van der Waals surface area contributed by atoms with Crippen molar-refractivity contribution in [3.05, 3.63) is 35.9 Å². The molecular weight excluding hydrogens is 904 g/mol. The minimum atomic E-state index is -5.57. The number of phosphoric acid groups is 4. The zero-order valence-corrected chi connectivity index (χ0v) is 34.3. The number of benzene rings is 1. The summed E-state index contributed by atoms with van der Waals surface area (Å²) in [5.41, 5.74) is 5.56. The maximum atomic E-state index is 13.9. The molecule has 7 atom stereocenters. The van der Waals surface area contributed by atoms with Crippen molar-refractivity contribution in [3.8, 4) is 0 Å². The van der Waals surface area contributed by atoms with Crippen LogP contribution in [-0.4, -0.2) is 141 Å². The molecule has 1 rings (SSSR count). The van der Waals surface area contributed by atoms with E-state index >= 15 is 0 Å². The van der Waals surface area contributed by atoms with E-state index in [-0.39, 0.29) is 5.56 Å². The van der Waals surface area contributed by atoms with Gasteiger partial charge in [0.15, 0.2) is 0 Å². The molecule has 0 aliphatic rings. The number of nitrogens with one attached hydrogen (secondary N) is 5. The maximum Gasteiger partial charge on any atom is 0.526 e. The van der Waals surface area contributed by atoms with Crippen LogP contribution in [0.3, 0.4) is 0 Å². The second-order valence-electron chi connectivity index (χ2n) is 12.0. The molecule has 30 nitrogen and oxygen atoms in total. The summed E-state index contributed by atoms with van der Waals surface area (Å²) in [6.45, 7) is -0.550. The number of hydrogen-bond donors (Lipinski definition) is 15. The predicted molar refractivity (Wildman–Crippen MR) is 192 cm³/mol. The predicted octanol–water partition coefficient (Wildman–Crippen LogP) is -5.17. The number of carbonyl (C=O) groups excluding carboxylic acids is 6. The average Bonchev–Trinajstić information content (AvgIpc) is 3.07. The first-order chi connectivity index (χ1) is 27.3. The molecule has 60 heavy (non-hydrogen) atoms. The summed E-state index contributed by atoms with van der Waals surface area (Å²) in [7, 11) is -21.9. The molecule has 0 bridgehead atoms. The molecule has 0 aliphatic heterocycles. The van der Waals surface area contributed by atoms with Crippen molar-refractivity contribution in [2.24, 2.45) is 5.73 Å². The zero-order chi connectivity index (χ0) is 46.4. The number of hydrogen-bond acceptors (Lipinski definition) is 16. The van der Waals surface area contributed by atoms with E-state index in [9.17, 15) is 86.3 Å². The lowest BCUT2D eigenvalue weighted by molar-refractivity contribution is -0.147. The van der Waals surface area contributed by atoms with Crippen molar-refractivity contribution in [1.82, 2.24) is 26.6 Å². The van der Waals surface area contributed by atoms with Crippen LogP contribution in [0.15, 0.2) is 30.3 Å². The van der Waals surface area contributed by atoms with Gasteiger partial charge in [-0.15, -0.1) is 0 Å². The Labute approximate surface area is 337 Å². The molecular formula is C26H42N6O24P4. The quantitative estimate of drug-likeness (QED) is 0.0408. The Hall–Kier alpha value is -4.05. The normalized spacial score (nSPS) is 15.7. The van der Waals surface area contributed by atoms with Gasteiger partial charge in [0.1, 0.15) is 30.2 Å². The van der Waals surface area contributed by atoms with Crippen molar-refractivity contribution in [2.45, 2.75) is 69.1 Å². The van der Waals surface area contributed by atoms with Crippen LogP contribution in [-0.2, 0) is 76.3 Å². The Kier molecular flexibility index (Phi) is 20.9. The first kappa shape index (κ1) is 54.0. The third kappa shape index (κ3) is 22.0. The SMILES string of the molecule is C[C@@H](OP(=O)(O)O)[C@H](NC(=O)CN)C(=O)N[C@@H](Cc1ccccc1)C(=O)N[C@H](C(=O)N[C@@H](COP(=O)(O)O)C(=O)N[C@@H](CC(=O)OP(=O)(O)O)C(=O)O)[C@@H](C)OP(=O)(O)O. The number of carboxylic acid groups (broad SMARTS) is 1. The Morgan fingerprint density at radius 3 is 1.50 bits per heavy atom. The smallest absolute Gasteiger partial charge is 0.480 e. The van der Waals surface area contributed by atoms with Gasteiger partial charge in [0.2, 0.25) is 29.5 Å². The molecule has 0 unspecified atom stereocenters. The summed E-state index contributed by atoms with van der Waals surface area (Å²) in [5.74, 6) is -11.2. The molecule has 340 valence electrons. The van der Waals surface area contributed by atoms with E-state index in [4.69, 9.17) is 15.5 Å². The van der Waals surface area contributed by atoms with E-state index in [2.05, 4.69) is 23.4 Å². The van der Waals surface area contributed by atoms with Gasteiger partial charge in [0, 0.05) is 6.42 Å². The summed E-state index contributed by atoms with van der Waals surface area (Å²) in [4.78, 5) is 163. The molecule has 0 spiro atoms. The van der Waals surface area contributed by atoms with Crippen molar-refractivity contribution < 1.29 is 114 Å². The van der Waals surface area contributed by atoms with Gasteiger partial charge in [-0.05, 0) is 19.4 Å². The molecule has 34 heteroatoms. The molecule has 0 heterocycles. The number of carboxylic acids is 1. The number of carbonyl (C=O) groups is 7. The largest absolute Gasteiger partial charge is 0.526 e. The summed E-state index contributed by atoms with van der Waals surface area (Å²) < 4.78 is 62.7. The molecule has 1 aromatic rings. The van der Waals surface area contributed by atoms with Crippen LogP contribution >= 0.6 is 31.3 Å². The molecule has 0 aromatic heterocycles. The molecule has 0 saturated carbocycles. The summed E-state index contributed by atoms with van der Waals surface area (Å²) in [6, 6.07) is -3.69. The van der Waals surface area contributed by atoms with Crippen LogP contribution in [0.2, 0.25) is 0 Å². The van der Waals surface area contributed by atoms with Gasteiger partial charge in [0.25, 0.3) is 0 Å². The lowest BCUT2D eigenvalue weighted by atomic mass is 10.0. The van der Waals surface area contributed by atoms with Gasteiger partial charge < -0.3 is 71.3 Å². The maximum absolute atomic E-state index is 13.9. The third-order valence-corrected chi connectivity index (χ3v) is 9.22. The van der Waals surface area contributed by atoms with E-state index in [0.717, 1.165) is 13.8 Å². The highest BCUT2D eigenvalue weighted by Gasteiger charge is 2.40. The van der Waals surface area contributed by atoms with Crippen LogP contribution in [0.1, 0.15) is 25.8 Å². The highest BCUT2D eigenvalue weighted by molar-refractivity contribution is 7.47. The van der Waals surface area contributed by atoms with Crippen LogP contribution in [0.25, 0.3) is 0 Å². The molecule has 0 aliphatic carbocycles. The zero-order valence-electron chi connectivity index (χ0n) is 30.8. The minimum absolute atomic E-state index is 0.282. The molecule has 0 radical (unpaired) electrons. The third-order valence-electron chi connectivity index (χ3n) is 7.07. The standard InChI is InChI=1S/C26H42N6O24P4/c1-12(54-58(44,45)46)20(31-18(33)10-27)24(37)28-15(8-14-6-4-3-5-7-14)22(35)32-21(13(2)55-59(47,48)49)25(38)30-17(11-53-57(41,42)43)23(36)29-16(26(39)40)9-19(34)56-60(50,51)52/h3-7,12-13,15-17,20-21H,8-11,27H2,1-2H3,(H,28,37)(H,29,36)(H,30,38)(H,31,33)(H,32,35)(H,39,40)(H2,41,42,43)(H2,44,45,46)(H2,47,48,49)(H2,50,51,52)/t12-,13-,15+,16+,17+,20+,21+/m1/s1. The first-order valence-corrected chi connectivity index (χ1v) is 22.4. The number of phosphoric ester groups is 4. The van der Waals surface area contributed by atoms with Crippen LogP contribution in [0.5, 0.6) is 0 Å². The molecule has 1 aromatic carbocycles. The van der Waals surface area contributed by atoms with E-state index in [1.807, 2.05) is 10.6 Å². The fraction of sp³-hybridized carbons (Fsp3) is 0.500. The minimum Gasteiger partial charge on any atom is -0.480 e. The Morgan fingerprint density at radius 2 is 1.07 bits per heavy atom. The van der Waals surface area contributed by atoms with Crippen LogP contribution in [0.4, 0.5) is 0 Å². The van der Waals surface area contributed by atoms with E-state index < -0.39 is 141 Å². The van der Waals surface area contributed by atoms with Gasteiger partial charge in [-0.3, -0.25) is 52.1 Å². The number of rotatable bonds is 25. The number of amides is 5. The Morgan fingerprint density at radius 1 is 0.617 bits per heavy atom. The second-order valence-corrected chi connectivity index (χ2v) is 16.8. The first-order valence-electron chi connectivity index (χ1n) is 16.2. The molecule has 5 amide bonds. The number of nitrogens with two attached hydrogens (primary N) is 1. The molecule has 0 saturated heterocycles. The lowest BCUT2D eigenvalue weighted by Crippen LogP contribution is -2.63. The van der Waals surface area contributed by atoms with E-state index in [1.165, 1.54) is 24.3 Å². The summed E-state index contributed by atoms with van der Waals surface area (Å²) in [6.07, 6.45) is -5.91. The van der Waals surface area contributed by atoms with Crippen molar-refractivity contribution in [2.75, 3.05) is 13.2 Å². The highest BCUT2D eigenvalue weighted by Crippen LogP contribution is 2.39. The highest BCUT2D eigenvalue weighted by atomic mass is 31.2. The van der Waals surface area contributed by atoms with Crippen molar-refractivity contribution >= 4 is 72.8 Å². The Bertz CT molecular complexity index is 1900. The molecule has 16 N–H and O–H groups in total. The van der Waals surface area contributed by atoms with Crippen molar-refractivity contribution in [3.63, 3.8) is 0 Å². The topological polar surface area (TPSA) is 493 Å². The molecule has 0 fully saturated rings. The average molecular weight is 947 g/mol. The van der Waals surface area contributed by atoms with Gasteiger partial charge in [-0.1, -0.05) is 30.3 Å². The monoisotopic (exact) mass is 946 g/mol. The van der Waals surface area contributed by atoms with Gasteiger partial charge in [0.05, 0.1) is 31.8 Å². The lowest BCUT2D eigenvalue weighted by Gasteiger charge is -2.30. The van der Waals surface area contributed by atoms with Gasteiger partial charge in [-0.25, -0.2) is 23.1 Å². The van der Waals surface area contributed by atoms with Gasteiger partial charge >= 0.3 is 43.2 Å². The van der Waals surface area contributed by atoms with E-state index in [0.29, 0.717) is 0 Å². The second kappa shape index (κ2) is 23.2. The van der Waals surface area contributed by atoms with Crippen LogP contribution < -0.4 is 32.3 Å². The van der Waals surface area contributed by atoms with Crippen molar-refractivity contribution in [1.29, 1.82) is 0 Å². The summed E-state index contributed by atoms with van der Waals surface area (Å²) in [5, 5.41) is 19.1. The Balaban J connectivity index is 3.67.